The maximum absolute atomic E-state index is 11.9. The summed E-state index contributed by atoms with van der Waals surface area (Å²) in [5.41, 5.74) is 0.101. The molecule has 0 fully saturated rings. The second kappa shape index (κ2) is 9.16. The number of ether oxygens (including phenoxy) is 5. The molecule has 1 rings (SSSR count). The molecule has 0 saturated heterocycles. The highest BCUT2D eigenvalue weighted by molar-refractivity contribution is 6.00. The Kier molecular flexibility index (Phi) is 7.26. The molecule has 0 spiro atoms. The first-order valence-electron chi connectivity index (χ1n) is 6.91. The first kappa shape index (κ1) is 19.8. The van der Waals surface area contributed by atoms with Crippen molar-refractivity contribution in [1.29, 1.82) is 0 Å². The van der Waals surface area contributed by atoms with E-state index in [1.165, 1.54) is 33.5 Å². The topological polar surface area (TPSA) is 109 Å². The summed E-state index contributed by atoms with van der Waals surface area (Å²) in [6.45, 7) is 0. The van der Waals surface area contributed by atoms with Crippen LogP contribution < -0.4 is 14.8 Å². The molecule has 0 atom stereocenters. The lowest BCUT2D eigenvalue weighted by atomic mass is 10.1. The van der Waals surface area contributed by atoms with Crippen LogP contribution in [0.5, 0.6) is 11.5 Å². The van der Waals surface area contributed by atoms with E-state index in [9.17, 15) is 14.4 Å². The van der Waals surface area contributed by atoms with Gasteiger partial charge in [0.05, 0.1) is 52.9 Å². The maximum Gasteiger partial charge on any atom is 0.354 e. The van der Waals surface area contributed by atoms with Crippen LogP contribution in [0, 0.1) is 0 Å². The van der Waals surface area contributed by atoms with Gasteiger partial charge in [0.1, 0.15) is 5.70 Å². The van der Waals surface area contributed by atoms with E-state index in [4.69, 9.17) is 9.47 Å². The molecule has 0 amide bonds. The Morgan fingerprint density at radius 3 is 2.08 bits per heavy atom. The molecule has 0 aliphatic rings. The van der Waals surface area contributed by atoms with Gasteiger partial charge in [-0.05, 0) is 12.1 Å². The van der Waals surface area contributed by atoms with Crippen molar-refractivity contribution in [3.63, 3.8) is 0 Å². The van der Waals surface area contributed by atoms with E-state index in [0.717, 1.165) is 20.3 Å². The highest BCUT2D eigenvalue weighted by atomic mass is 16.5. The lowest BCUT2D eigenvalue weighted by molar-refractivity contribution is -0.138. The zero-order chi connectivity index (χ0) is 19.0. The molecule has 0 aromatic heterocycles. The number of methoxy groups -OCH3 is 5. The first-order valence-corrected chi connectivity index (χ1v) is 6.91. The predicted octanol–water partition coefficient (Wildman–Crippen LogP) is 1.13. The monoisotopic (exact) mass is 353 g/mol. The van der Waals surface area contributed by atoms with E-state index < -0.39 is 17.9 Å². The van der Waals surface area contributed by atoms with Crippen molar-refractivity contribution in [2.75, 3.05) is 40.9 Å². The third kappa shape index (κ3) is 4.87. The van der Waals surface area contributed by atoms with E-state index in [-0.39, 0.29) is 28.4 Å². The number of hydrogen-bond acceptors (Lipinski definition) is 9. The number of rotatable bonds is 7. The van der Waals surface area contributed by atoms with Gasteiger partial charge >= 0.3 is 17.9 Å². The van der Waals surface area contributed by atoms with Gasteiger partial charge in [0.2, 0.25) is 0 Å². The summed E-state index contributed by atoms with van der Waals surface area (Å²) in [7, 11) is 6.30. The lowest BCUT2D eigenvalue weighted by Gasteiger charge is -2.16. The van der Waals surface area contributed by atoms with Gasteiger partial charge in [0, 0.05) is 0 Å². The summed E-state index contributed by atoms with van der Waals surface area (Å²) in [5, 5.41) is 2.68. The van der Waals surface area contributed by atoms with Crippen molar-refractivity contribution in [2.24, 2.45) is 0 Å². The van der Waals surface area contributed by atoms with Gasteiger partial charge in [0.25, 0.3) is 0 Å². The molecule has 1 N–H and O–H groups in total. The fraction of sp³-hybridized carbons (Fsp3) is 0.312. The minimum Gasteiger partial charge on any atom is -0.493 e. The maximum atomic E-state index is 11.9. The van der Waals surface area contributed by atoms with Crippen LogP contribution in [-0.4, -0.2) is 53.5 Å². The first-order chi connectivity index (χ1) is 11.9. The molecule has 9 nitrogen and oxygen atoms in total. The van der Waals surface area contributed by atoms with E-state index in [2.05, 4.69) is 19.5 Å². The molecule has 25 heavy (non-hydrogen) atoms. The van der Waals surface area contributed by atoms with Crippen molar-refractivity contribution < 1.29 is 38.1 Å². The summed E-state index contributed by atoms with van der Waals surface area (Å²) < 4.78 is 24.2. The number of nitrogens with one attached hydrogen (secondary N) is 1. The van der Waals surface area contributed by atoms with Crippen LogP contribution in [0.3, 0.4) is 0 Å². The number of benzene rings is 1. The molecular weight excluding hydrogens is 334 g/mol. The average molecular weight is 353 g/mol. The molecule has 136 valence electrons. The SMILES string of the molecule is COC(=O)/C=C(/Nc1cc(C(=O)OC)cc(OC)c1OC)C(=O)OC. The molecule has 0 aliphatic carbocycles. The van der Waals surface area contributed by atoms with Crippen LogP contribution in [0.15, 0.2) is 23.9 Å². The van der Waals surface area contributed by atoms with Crippen molar-refractivity contribution in [1.82, 2.24) is 0 Å². The summed E-state index contributed by atoms with van der Waals surface area (Å²) in [6.07, 6.45) is 0.905. The lowest BCUT2D eigenvalue weighted by Crippen LogP contribution is -2.16. The third-order valence-electron chi connectivity index (χ3n) is 3.04. The fourth-order valence-electron chi connectivity index (χ4n) is 1.87. The minimum atomic E-state index is -0.824. The number of anilines is 1. The Morgan fingerprint density at radius 2 is 1.60 bits per heavy atom. The van der Waals surface area contributed by atoms with Gasteiger partial charge < -0.3 is 29.0 Å². The third-order valence-corrected chi connectivity index (χ3v) is 3.04. The highest BCUT2D eigenvalue weighted by Gasteiger charge is 2.20. The number of carbonyl (C=O) groups excluding carboxylic acids is 3. The standard InChI is InChI=1S/C16H19NO8/c1-21-12-7-9(15(19)24-4)6-10(14(12)23-3)17-11(16(20)25-5)8-13(18)22-2/h6-8,17H,1-5H3/b11-8+. The van der Waals surface area contributed by atoms with Gasteiger partial charge in [-0.2, -0.15) is 0 Å². The van der Waals surface area contributed by atoms with Gasteiger partial charge in [-0.15, -0.1) is 0 Å². The Bertz CT molecular complexity index is 696. The average Bonchev–Trinajstić information content (AvgIpc) is 2.64. The number of hydrogen-bond donors (Lipinski definition) is 1. The number of esters is 3. The van der Waals surface area contributed by atoms with Crippen LogP contribution in [0.1, 0.15) is 10.4 Å². The van der Waals surface area contributed by atoms with Crippen LogP contribution in [-0.2, 0) is 23.8 Å². The van der Waals surface area contributed by atoms with Crippen LogP contribution >= 0.6 is 0 Å². The van der Waals surface area contributed by atoms with Crippen molar-refractivity contribution in [2.45, 2.75) is 0 Å². The molecule has 0 unspecified atom stereocenters. The molecule has 1 aromatic rings. The Morgan fingerprint density at radius 1 is 0.920 bits per heavy atom. The predicted molar refractivity (Wildman–Crippen MR) is 86.6 cm³/mol. The van der Waals surface area contributed by atoms with E-state index in [1.807, 2.05) is 0 Å². The van der Waals surface area contributed by atoms with Crippen LogP contribution in [0.4, 0.5) is 5.69 Å². The quantitative estimate of drug-likeness (QED) is 0.438. The fourth-order valence-corrected chi connectivity index (χ4v) is 1.87. The Labute approximate surface area is 144 Å². The molecule has 9 heteroatoms. The van der Waals surface area contributed by atoms with Gasteiger partial charge in [-0.1, -0.05) is 0 Å². The molecular formula is C16H19NO8. The van der Waals surface area contributed by atoms with Crippen molar-refractivity contribution in [3.8, 4) is 11.5 Å². The summed E-state index contributed by atoms with van der Waals surface area (Å²) in [5.74, 6) is -1.80. The normalized spacial score (nSPS) is 10.5. The van der Waals surface area contributed by atoms with E-state index >= 15 is 0 Å². The van der Waals surface area contributed by atoms with E-state index in [0.29, 0.717) is 0 Å². The smallest absolute Gasteiger partial charge is 0.354 e. The molecule has 0 aliphatic heterocycles. The van der Waals surface area contributed by atoms with Gasteiger partial charge in [0.15, 0.2) is 11.5 Å². The second-order valence-electron chi connectivity index (χ2n) is 4.45. The minimum absolute atomic E-state index is 0.143. The molecule has 0 saturated carbocycles. The molecule has 0 radical (unpaired) electrons. The number of carbonyl (C=O) groups is 3. The zero-order valence-corrected chi connectivity index (χ0v) is 14.5. The zero-order valence-electron chi connectivity index (χ0n) is 14.5. The molecule has 0 heterocycles. The molecule has 1 aromatic carbocycles. The Hall–Kier alpha value is -3.23. The van der Waals surface area contributed by atoms with Crippen LogP contribution in [0.2, 0.25) is 0 Å². The van der Waals surface area contributed by atoms with Gasteiger partial charge in [-0.3, -0.25) is 0 Å². The van der Waals surface area contributed by atoms with Gasteiger partial charge in [-0.25, -0.2) is 14.4 Å². The van der Waals surface area contributed by atoms with Crippen LogP contribution in [0.25, 0.3) is 0 Å². The Balaban J connectivity index is 3.45. The summed E-state index contributed by atoms with van der Waals surface area (Å²) >= 11 is 0. The second-order valence-corrected chi connectivity index (χ2v) is 4.45. The highest BCUT2D eigenvalue weighted by Crippen LogP contribution is 2.37. The van der Waals surface area contributed by atoms with E-state index in [1.54, 1.807) is 0 Å². The summed E-state index contributed by atoms with van der Waals surface area (Å²) in [4.78, 5) is 35.1. The largest absolute Gasteiger partial charge is 0.493 e. The van der Waals surface area contributed by atoms with Crippen molar-refractivity contribution >= 4 is 23.6 Å². The summed E-state index contributed by atoms with van der Waals surface area (Å²) in [6, 6.07) is 2.79. The van der Waals surface area contributed by atoms with Crippen molar-refractivity contribution in [3.05, 3.63) is 29.5 Å². The molecule has 0 bridgehead atoms.